The third kappa shape index (κ3) is 9.78. The van der Waals surface area contributed by atoms with Crippen LogP contribution in [-0.4, -0.2) is 50.4 Å². The number of hydrogen-bond donors (Lipinski definition) is 1. The number of nitrogens with zero attached hydrogens (tertiary/aromatic N) is 2. The molecule has 11 heteroatoms. The van der Waals surface area contributed by atoms with E-state index in [0.717, 1.165) is 47.5 Å². The summed E-state index contributed by atoms with van der Waals surface area (Å²) < 4.78 is 35.2. The molecular formula is C38H41Cl2N3O5S. The Bertz CT molecular complexity index is 1780. The average Bonchev–Trinajstić information content (AvgIpc) is 3.11. The van der Waals surface area contributed by atoms with Crippen LogP contribution in [0.4, 0.5) is 5.69 Å². The first-order valence-corrected chi connectivity index (χ1v) is 18.7. The number of amides is 2. The highest BCUT2D eigenvalue weighted by Crippen LogP contribution is 2.28. The molecule has 0 heterocycles. The Hall–Kier alpha value is -4.05. The second-order valence-electron chi connectivity index (χ2n) is 12.1. The summed E-state index contributed by atoms with van der Waals surface area (Å²) in [5.74, 6) is -0.250. The summed E-state index contributed by atoms with van der Waals surface area (Å²) in [6, 6.07) is 28.0. The minimum absolute atomic E-state index is 0.0117. The summed E-state index contributed by atoms with van der Waals surface area (Å²) in [7, 11) is -4.26. The largest absolute Gasteiger partial charge is 0.494 e. The van der Waals surface area contributed by atoms with E-state index in [2.05, 4.69) is 5.32 Å². The van der Waals surface area contributed by atoms with Crippen LogP contribution in [0.1, 0.15) is 50.2 Å². The Kier molecular flexibility index (Phi) is 12.6. The van der Waals surface area contributed by atoms with E-state index in [-0.39, 0.29) is 35.5 Å². The molecule has 5 rings (SSSR count). The van der Waals surface area contributed by atoms with Crippen LogP contribution in [0.5, 0.6) is 5.75 Å². The van der Waals surface area contributed by atoms with Crippen LogP contribution in [0, 0.1) is 0 Å². The lowest BCUT2D eigenvalue weighted by molar-refractivity contribution is -0.140. The molecule has 1 atom stereocenters. The fourth-order valence-electron chi connectivity index (χ4n) is 6.02. The van der Waals surface area contributed by atoms with Gasteiger partial charge in [-0.25, -0.2) is 8.42 Å². The maximum atomic E-state index is 14.7. The Morgan fingerprint density at radius 3 is 2.04 bits per heavy atom. The molecule has 4 aromatic carbocycles. The van der Waals surface area contributed by atoms with Crippen molar-refractivity contribution in [3.63, 3.8) is 0 Å². The van der Waals surface area contributed by atoms with Crippen molar-refractivity contribution in [3.8, 4) is 5.75 Å². The topological polar surface area (TPSA) is 96.0 Å². The Labute approximate surface area is 299 Å². The fraction of sp³-hybridized carbons (Fsp3) is 0.316. The zero-order valence-corrected chi connectivity index (χ0v) is 29.8. The number of ether oxygens (including phenoxy) is 1. The highest BCUT2D eigenvalue weighted by molar-refractivity contribution is 7.92. The number of sulfonamides is 1. The molecule has 258 valence electrons. The zero-order valence-electron chi connectivity index (χ0n) is 27.4. The maximum absolute atomic E-state index is 14.7. The third-order valence-corrected chi connectivity index (χ3v) is 10.9. The van der Waals surface area contributed by atoms with Crippen LogP contribution in [0.3, 0.4) is 0 Å². The lowest BCUT2D eigenvalue weighted by atomic mass is 9.94. The molecule has 1 saturated carbocycles. The zero-order chi connectivity index (χ0) is 34.8. The van der Waals surface area contributed by atoms with Crippen molar-refractivity contribution in [2.75, 3.05) is 17.5 Å². The summed E-state index contributed by atoms with van der Waals surface area (Å²) in [6.07, 6.45) is 5.18. The lowest BCUT2D eigenvalue weighted by Gasteiger charge is -2.35. The SMILES string of the molecule is CCOc1ccc(N(CC(=O)N(Cc2ccc(Cl)cc2)[C@@H](Cc2ccccc2)C(=O)NC2CCCCC2)S(=O)(=O)c2ccc(Cl)cc2)cc1. The minimum atomic E-state index is -4.26. The first-order chi connectivity index (χ1) is 23.6. The van der Waals surface area contributed by atoms with Crippen molar-refractivity contribution in [1.82, 2.24) is 10.2 Å². The van der Waals surface area contributed by atoms with Gasteiger partial charge in [0.25, 0.3) is 10.0 Å². The maximum Gasteiger partial charge on any atom is 0.264 e. The van der Waals surface area contributed by atoms with Gasteiger partial charge in [-0.3, -0.25) is 13.9 Å². The number of halogens is 2. The van der Waals surface area contributed by atoms with E-state index in [1.54, 1.807) is 48.5 Å². The fourth-order valence-corrected chi connectivity index (χ4v) is 7.69. The number of hydrogen-bond acceptors (Lipinski definition) is 5. The predicted molar refractivity (Wildman–Crippen MR) is 195 cm³/mol. The van der Waals surface area contributed by atoms with Crippen molar-refractivity contribution in [1.29, 1.82) is 0 Å². The van der Waals surface area contributed by atoms with Crippen LogP contribution in [-0.2, 0) is 32.6 Å². The number of carbonyl (C=O) groups is 2. The molecular weight excluding hydrogens is 681 g/mol. The molecule has 0 spiro atoms. The number of anilines is 1. The van der Waals surface area contributed by atoms with Crippen molar-refractivity contribution in [3.05, 3.63) is 124 Å². The van der Waals surface area contributed by atoms with Crippen LogP contribution in [0.2, 0.25) is 10.0 Å². The van der Waals surface area contributed by atoms with E-state index in [0.29, 0.717) is 22.4 Å². The summed E-state index contributed by atoms with van der Waals surface area (Å²) >= 11 is 12.3. The summed E-state index contributed by atoms with van der Waals surface area (Å²) in [6.45, 7) is 1.80. The van der Waals surface area contributed by atoms with Crippen molar-refractivity contribution < 1.29 is 22.7 Å². The van der Waals surface area contributed by atoms with Crippen LogP contribution in [0.25, 0.3) is 0 Å². The molecule has 1 fully saturated rings. The summed E-state index contributed by atoms with van der Waals surface area (Å²) in [5, 5.41) is 4.14. The van der Waals surface area contributed by atoms with Crippen LogP contribution < -0.4 is 14.4 Å². The second kappa shape index (κ2) is 17.1. The number of nitrogens with one attached hydrogen (secondary N) is 1. The third-order valence-electron chi connectivity index (χ3n) is 8.61. The van der Waals surface area contributed by atoms with Gasteiger partial charge in [-0.05, 0) is 91.6 Å². The van der Waals surface area contributed by atoms with E-state index in [4.69, 9.17) is 27.9 Å². The average molecular weight is 723 g/mol. The van der Waals surface area contributed by atoms with Gasteiger partial charge in [0.05, 0.1) is 17.2 Å². The first-order valence-electron chi connectivity index (χ1n) is 16.5. The standard InChI is InChI=1S/C38H41Cl2N3O5S/c1-2-48-34-21-19-33(20-22-34)43(49(46,47)35-23-17-31(40)18-24-35)27-37(44)42(26-29-13-15-30(39)16-14-29)36(25-28-9-5-3-6-10-28)38(45)41-32-11-7-4-8-12-32/h3,5-6,9-10,13-24,32,36H,2,4,7-8,11-12,25-27H2,1H3,(H,41,45)/t36-/m0/s1. The van der Waals surface area contributed by atoms with Gasteiger partial charge in [-0.1, -0.05) is 84.9 Å². The predicted octanol–water partition coefficient (Wildman–Crippen LogP) is 7.68. The highest BCUT2D eigenvalue weighted by Gasteiger charge is 2.35. The van der Waals surface area contributed by atoms with Crippen molar-refractivity contribution in [2.24, 2.45) is 0 Å². The monoisotopic (exact) mass is 721 g/mol. The highest BCUT2D eigenvalue weighted by atomic mass is 35.5. The van der Waals surface area contributed by atoms with E-state index in [1.807, 2.05) is 37.3 Å². The molecule has 0 aromatic heterocycles. The van der Waals surface area contributed by atoms with E-state index >= 15 is 0 Å². The van der Waals surface area contributed by atoms with E-state index in [1.165, 1.54) is 29.2 Å². The van der Waals surface area contributed by atoms with Gasteiger partial charge in [0, 0.05) is 29.1 Å². The second-order valence-corrected chi connectivity index (χ2v) is 14.8. The van der Waals surface area contributed by atoms with Crippen LogP contribution >= 0.6 is 23.2 Å². The minimum Gasteiger partial charge on any atom is -0.494 e. The Balaban J connectivity index is 1.56. The molecule has 49 heavy (non-hydrogen) atoms. The molecule has 4 aromatic rings. The quantitative estimate of drug-likeness (QED) is 0.144. The van der Waals surface area contributed by atoms with Gasteiger partial charge in [0.1, 0.15) is 18.3 Å². The smallest absolute Gasteiger partial charge is 0.264 e. The van der Waals surface area contributed by atoms with E-state index in [9.17, 15) is 18.0 Å². The molecule has 0 saturated heterocycles. The Morgan fingerprint density at radius 1 is 0.816 bits per heavy atom. The first kappa shape index (κ1) is 36.2. The molecule has 1 N–H and O–H groups in total. The molecule has 2 amide bonds. The van der Waals surface area contributed by atoms with Crippen molar-refractivity contribution >= 4 is 50.7 Å². The van der Waals surface area contributed by atoms with Gasteiger partial charge >= 0.3 is 0 Å². The number of carbonyl (C=O) groups excluding carboxylic acids is 2. The van der Waals surface area contributed by atoms with Gasteiger partial charge in [0.2, 0.25) is 11.8 Å². The molecule has 1 aliphatic rings. The molecule has 8 nitrogen and oxygen atoms in total. The van der Waals surface area contributed by atoms with Gasteiger partial charge in [-0.15, -0.1) is 0 Å². The molecule has 0 unspecified atom stereocenters. The summed E-state index contributed by atoms with van der Waals surface area (Å²) in [4.78, 5) is 30.4. The van der Waals surface area contributed by atoms with E-state index < -0.39 is 28.5 Å². The lowest BCUT2D eigenvalue weighted by Crippen LogP contribution is -2.55. The molecule has 0 bridgehead atoms. The van der Waals surface area contributed by atoms with Crippen LogP contribution in [0.15, 0.2) is 108 Å². The molecule has 0 aliphatic heterocycles. The molecule has 0 radical (unpaired) electrons. The van der Waals surface area contributed by atoms with Gasteiger partial charge in [-0.2, -0.15) is 0 Å². The van der Waals surface area contributed by atoms with Gasteiger partial charge < -0.3 is 15.0 Å². The normalized spacial score (nSPS) is 14.1. The number of benzene rings is 4. The summed E-state index contributed by atoms with van der Waals surface area (Å²) in [5.41, 5.74) is 1.89. The number of rotatable bonds is 14. The molecule has 1 aliphatic carbocycles. The Morgan fingerprint density at radius 2 is 1.43 bits per heavy atom. The van der Waals surface area contributed by atoms with Crippen molar-refractivity contribution in [2.45, 2.75) is 69.0 Å². The van der Waals surface area contributed by atoms with Gasteiger partial charge in [0.15, 0.2) is 0 Å².